The number of carbonyl (C=O) groups is 4. The summed E-state index contributed by atoms with van der Waals surface area (Å²) in [6.07, 6.45) is 44.5. The molecule has 0 aliphatic rings. The summed E-state index contributed by atoms with van der Waals surface area (Å²) in [5.41, 5.74) is 0. The van der Waals surface area contributed by atoms with Gasteiger partial charge in [0.05, 0.1) is 26.4 Å². The van der Waals surface area contributed by atoms with Gasteiger partial charge in [0.2, 0.25) is 0 Å². The van der Waals surface area contributed by atoms with Gasteiger partial charge in [0.15, 0.2) is 12.2 Å². The van der Waals surface area contributed by atoms with Gasteiger partial charge < -0.3 is 33.8 Å². The Hall–Kier alpha value is -1.94. The molecule has 0 saturated heterocycles. The van der Waals surface area contributed by atoms with Crippen LogP contribution >= 0.6 is 15.6 Å². The van der Waals surface area contributed by atoms with Gasteiger partial charge in [0.1, 0.15) is 19.3 Å². The van der Waals surface area contributed by atoms with E-state index in [1.54, 1.807) is 0 Å². The van der Waals surface area contributed by atoms with Gasteiger partial charge >= 0.3 is 39.5 Å². The molecule has 3 N–H and O–H groups in total. The first-order valence-electron chi connectivity index (χ1n) is 37.3. The number of carbonyl (C=O) groups excluding carboxylic acids is 4. The van der Waals surface area contributed by atoms with E-state index in [2.05, 4.69) is 55.4 Å². The number of hydrogen-bond acceptors (Lipinski definition) is 15. The summed E-state index contributed by atoms with van der Waals surface area (Å²) in [6, 6.07) is 0. The second-order valence-electron chi connectivity index (χ2n) is 27.4. The lowest BCUT2D eigenvalue weighted by Gasteiger charge is -2.21. The molecule has 17 nitrogen and oxygen atoms in total. The van der Waals surface area contributed by atoms with Crippen LogP contribution in [-0.4, -0.2) is 96.7 Å². The van der Waals surface area contributed by atoms with Crippen molar-refractivity contribution in [1.82, 2.24) is 0 Å². The lowest BCUT2D eigenvalue weighted by molar-refractivity contribution is -0.161. The van der Waals surface area contributed by atoms with E-state index < -0.39 is 97.5 Å². The summed E-state index contributed by atoms with van der Waals surface area (Å²) >= 11 is 0. The molecule has 4 unspecified atom stereocenters. The van der Waals surface area contributed by atoms with Crippen LogP contribution in [-0.2, 0) is 65.4 Å². The molecule has 19 heteroatoms. The Labute approximate surface area is 556 Å². The highest BCUT2D eigenvalue weighted by Gasteiger charge is 2.30. The Balaban J connectivity index is 5.23. The zero-order valence-electron chi connectivity index (χ0n) is 59.5. The fourth-order valence-electron chi connectivity index (χ4n) is 10.8. The number of rotatable bonds is 69. The summed E-state index contributed by atoms with van der Waals surface area (Å²) in [4.78, 5) is 72.6. The SMILES string of the molecule is CCC(C)CCCCCCCCCCCCCCCCC(=O)O[C@H](COC(=O)CCCCCCCCC(C)CC)COP(=O)(O)OC[C@H](O)COP(=O)(O)OC[C@@H](COC(=O)CCCCCCCCCCCC(C)C)OC(=O)CCCCCCCCCCC(C)C. The van der Waals surface area contributed by atoms with Crippen LogP contribution in [0.2, 0.25) is 0 Å². The number of ether oxygens (including phenoxy) is 4. The zero-order valence-corrected chi connectivity index (χ0v) is 61.3. The largest absolute Gasteiger partial charge is 0.472 e. The number of aliphatic hydroxyl groups is 1. The van der Waals surface area contributed by atoms with Crippen molar-refractivity contribution in [2.45, 2.75) is 375 Å². The van der Waals surface area contributed by atoms with Gasteiger partial charge in [0, 0.05) is 25.7 Å². The van der Waals surface area contributed by atoms with Crippen LogP contribution in [0.25, 0.3) is 0 Å². The van der Waals surface area contributed by atoms with Crippen molar-refractivity contribution in [2.24, 2.45) is 23.7 Å². The molecule has 0 radical (unpaired) electrons. The normalized spacial score (nSPS) is 14.8. The first-order valence-corrected chi connectivity index (χ1v) is 40.3. The van der Waals surface area contributed by atoms with Crippen molar-refractivity contribution >= 4 is 39.5 Å². The smallest absolute Gasteiger partial charge is 0.462 e. The molecule has 0 amide bonds. The Morgan fingerprint density at radius 3 is 0.780 bits per heavy atom. The monoisotopic (exact) mass is 1340 g/mol. The van der Waals surface area contributed by atoms with Gasteiger partial charge in [-0.05, 0) is 49.4 Å². The topological polar surface area (TPSA) is 237 Å². The first kappa shape index (κ1) is 89.1. The van der Waals surface area contributed by atoms with Gasteiger partial charge in [0.25, 0.3) is 0 Å². The summed E-state index contributed by atoms with van der Waals surface area (Å²) < 4.78 is 68.3. The van der Waals surface area contributed by atoms with E-state index in [0.717, 1.165) is 120 Å². The third-order valence-electron chi connectivity index (χ3n) is 17.3. The van der Waals surface area contributed by atoms with Crippen LogP contribution in [0.4, 0.5) is 0 Å². The van der Waals surface area contributed by atoms with E-state index in [1.165, 1.54) is 154 Å². The maximum absolute atomic E-state index is 13.0. The van der Waals surface area contributed by atoms with Crippen molar-refractivity contribution < 1.29 is 80.2 Å². The second-order valence-corrected chi connectivity index (χ2v) is 30.3. The molecule has 0 bridgehead atoms. The van der Waals surface area contributed by atoms with E-state index in [1.807, 2.05) is 0 Å². The molecular weight excluding hydrogens is 1200 g/mol. The van der Waals surface area contributed by atoms with E-state index in [-0.39, 0.29) is 25.7 Å². The highest BCUT2D eigenvalue weighted by molar-refractivity contribution is 7.47. The van der Waals surface area contributed by atoms with Crippen LogP contribution in [0.1, 0.15) is 357 Å². The highest BCUT2D eigenvalue weighted by Crippen LogP contribution is 2.45. The summed E-state index contributed by atoms with van der Waals surface area (Å²) in [5.74, 6) is 0.910. The van der Waals surface area contributed by atoms with E-state index in [4.69, 9.17) is 37.0 Å². The Morgan fingerprint density at radius 2 is 0.527 bits per heavy atom. The average Bonchev–Trinajstić information content (AvgIpc) is 2.88. The minimum atomic E-state index is -4.95. The lowest BCUT2D eigenvalue weighted by Crippen LogP contribution is -2.30. The second kappa shape index (κ2) is 61.6. The summed E-state index contributed by atoms with van der Waals surface area (Å²) in [6.45, 7) is 14.1. The number of aliphatic hydroxyl groups excluding tert-OH is 1. The summed E-state index contributed by atoms with van der Waals surface area (Å²) in [5, 5.41) is 10.6. The Kier molecular flexibility index (Phi) is 60.3. The van der Waals surface area contributed by atoms with Gasteiger partial charge in [-0.3, -0.25) is 37.3 Å². The standard InChI is InChI=1S/C72H140O17P2/c1-9-64(7)50-42-34-26-19-15-13-11-12-14-16-20-28-38-46-54-71(76)88-68(59-83-70(75)53-45-37-31-30-35-43-51-65(8)10-2)61-87-91(80,81)85-57-66(73)56-84-90(78,79)86-60-67(89-72(77)55-47-39-29-23-22-25-33-41-49-63(5)6)58-82-69(74)52-44-36-27-21-17-18-24-32-40-48-62(3)4/h62-68,73H,9-61H2,1-8H3,(H,78,79)(H,80,81)/t64?,65?,66-,67-,68-/m1/s1. The predicted octanol–water partition coefficient (Wildman–Crippen LogP) is 20.5. The van der Waals surface area contributed by atoms with Crippen LogP contribution in [0.5, 0.6) is 0 Å². The molecule has 0 aromatic carbocycles. The molecule has 0 aromatic rings. The molecule has 7 atom stereocenters. The fourth-order valence-corrected chi connectivity index (χ4v) is 12.4. The average molecular weight is 1340 g/mol. The molecule has 0 aromatic heterocycles. The molecule has 540 valence electrons. The quantitative estimate of drug-likeness (QED) is 0.0222. The minimum absolute atomic E-state index is 0.104. The summed E-state index contributed by atoms with van der Waals surface area (Å²) in [7, 11) is -9.91. The molecule has 0 rings (SSSR count). The number of esters is 4. The molecule has 0 heterocycles. The molecule has 0 fully saturated rings. The number of hydrogen-bond donors (Lipinski definition) is 3. The molecule has 0 aliphatic carbocycles. The Bertz CT molecular complexity index is 1800. The van der Waals surface area contributed by atoms with Gasteiger partial charge in [-0.1, -0.05) is 306 Å². The minimum Gasteiger partial charge on any atom is -0.462 e. The lowest BCUT2D eigenvalue weighted by atomic mass is 9.99. The van der Waals surface area contributed by atoms with Gasteiger partial charge in [-0.25, -0.2) is 9.13 Å². The van der Waals surface area contributed by atoms with Crippen molar-refractivity contribution in [2.75, 3.05) is 39.6 Å². The van der Waals surface area contributed by atoms with E-state index in [9.17, 15) is 43.2 Å². The number of phosphoric ester groups is 2. The third kappa shape index (κ3) is 63.9. The van der Waals surface area contributed by atoms with Crippen molar-refractivity contribution in [3.63, 3.8) is 0 Å². The highest BCUT2D eigenvalue weighted by atomic mass is 31.2. The molecule has 91 heavy (non-hydrogen) atoms. The third-order valence-corrected chi connectivity index (χ3v) is 19.2. The van der Waals surface area contributed by atoms with Crippen LogP contribution in [0.15, 0.2) is 0 Å². The predicted molar refractivity (Wildman–Crippen MR) is 367 cm³/mol. The maximum atomic E-state index is 13.0. The van der Waals surface area contributed by atoms with E-state index in [0.29, 0.717) is 25.7 Å². The molecule has 0 aliphatic heterocycles. The van der Waals surface area contributed by atoms with Gasteiger partial charge in [-0.15, -0.1) is 0 Å². The fraction of sp³-hybridized carbons (Fsp3) is 0.944. The maximum Gasteiger partial charge on any atom is 0.472 e. The van der Waals surface area contributed by atoms with Crippen molar-refractivity contribution in [1.29, 1.82) is 0 Å². The van der Waals surface area contributed by atoms with Crippen LogP contribution < -0.4 is 0 Å². The number of phosphoric acid groups is 2. The first-order chi connectivity index (χ1) is 43.7. The van der Waals surface area contributed by atoms with Crippen LogP contribution in [0, 0.1) is 23.7 Å². The zero-order chi connectivity index (χ0) is 67.5. The van der Waals surface area contributed by atoms with Gasteiger partial charge in [-0.2, -0.15) is 0 Å². The molecule has 0 spiro atoms. The van der Waals surface area contributed by atoms with Crippen molar-refractivity contribution in [3.8, 4) is 0 Å². The number of unbranched alkanes of at least 4 members (excludes halogenated alkanes) is 33. The van der Waals surface area contributed by atoms with Crippen molar-refractivity contribution in [3.05, 3.63) is 0 Å². The van der Waals surface area contributed by atoms with Crippen LogP contribution in [0.3, 0.4) is 0 Å². The Morgan fingerprint density at radius 1 is 0.308 bits per heavy atom. The van der Waals surface area contributed by atoms with E-state index >= 15 is 0 Å². The molecular formula is C72H140O17P2. The molecule has 0 saturated carbocycles.